The van der Waals surface area contributed by atoms with Crippen LogP contribution in [0.5, 0.6) is 0 Å². The third-order valence-corrected chi connectivity index (χ3v) is 5.56. The number of aryl methyl sites for hydroxylation is 2. The zero-order valence-corrected chi connectivity index (χ0v) is 16.5. The second kappa shape index (κ2) is 8.08. The van der Waals surface area contributed by atoms with E-state index in [2.05, 4.69) is 9.97 Å². The van der Waals surface area contributed by atoms with Crippen molar-refractivity contribution in [3.8, 4) is 0 Å². The van der Waals surface area contributed by atoms with Gasteiger partial charge >= 0.3 is 5.97 Å². The van der Waals surface area contributed by atoms with Gasteiger partial charge in [0.2, 0.25) is 5.91 Å². The van der Waals surface area contributed by atoms with Crippen molar-refractivity contribution in [2.75, 3.05) is 12.8 Å². The first kappa shape index (κ1) is 19.4. The third kappa shape index (κ3) is 3.98. The molecular formula is C20H23N3O3S. The van der Waals surface area contributed by atoms with Crippen LogP contribution in [0, 0.1) is 13.8 Å². The Morgan fingerprint density at radius 2 is 1.89 bits per heavy atom. The van der Waals surface area contributed by atoms with Gasteiger partial charge in [-0.25, -0.2) is 14.8 Å². The molecule has 1 atom stereocenters. The van der Waals surface area contributed by atoms with Crippen LogP contribution < -0.4 is 0 Å². The van der Waals surface area contributed by atoms with E-state index in [-0.39, 0.29) is 12.3 Å². The van der Waals surface area contributed by atoms with Crippen LogP contribution in [-0.2, 0) is 22.4 Å². The summed E-state index contributed by atoms with van der Waals surface area (Å²) in [7, 11) is 0. The molecule has 0 saturated heterocycles. The number of carbonyl (C=O) groups excluding carboxylic acids is 1. The molecule has 6 nitrogen and oxygen atoms in total. The maximum atomic E-state index is 12.9. The number of carboxylic acids is 1. The van der Waals surface area contributed by atoms with Crippen LogP contribution >= 0.6 is 11.8 Å². The van der Waals surface area contributed by atoms with Crippen LogP contribution in [-0.4, -0.2) is 44.7 Å². The van der Waals surface area contributed by atoms with Crippen LogP contribution in [0.15, 0.2) is 29.4 Å². The Morgan fingerprint density at radius 1 is 1.22 bits per heavy atom. The number of aliphatic carboxylic acids is 1. The Bertz CT molecular complexity index is 862. The first-order valence-corrected chi connectivity index (χ1v) is 10.1. The van der Waals surface area contributed by atoms with Gasteiger partial charge in [-0.05, 0) is 49.6 Å². The second-order valence-corrected chi connectivity index (χ2v) is 7.41. The SMILES string of the molecule is CSc1nc(C)c(CCC(=O)N2CCc3ccccc3C2C(=O)O)c(C)n1. The van der Waals surface area contributed by atoms with E-state index in [1.807, 2.05) is 38.3 Å². The number of nitrogens with zero attached hydrogens (tertiary/aromatic N) is 3. The van der Waals surface area contributed by atoms with E-state index in [0.717, 1.165) is 27.7 Å². The Kier molecular flexibility index (Phi) is 5.79. The number of carbonyl (C=O) groups is 2. The summed E-state index contributed by atoms with van der Waals surface area (Å²) in [6.45, 7) is 4.27. The minimum Gasteiger partial charge on any atom is -0.479 e. The van der Waals surface area contributed by atoms with Gasteiger partial charge in [0.05, 0.1) is 0 Å². The molecule has 1 amide bonds. The van der Waals surface area contributed by atoms with Gasteiger partial charge in [-0.2, -0.15) is 0 Å². The van der Waals surface area contributed by atoms with E-state index < -0.39 is 12.0 Å². The van der Waals surface area contributed by atoms with Crippen molar-refractivity contribution >= 4 is 23.6 Å². The molecule has 0 fully saturated rings. The predicted octanol–water partition coefficient (Wildman–Crippen LogP) is 2.96. The summed E-state index contributed by atoms with van der Waals surface area (Å²) in [5.41, 5.74) is 4.42. The Labute approximate surface area is 163 Å². The fourth-order valence-corrected chi connectivity index (χ4v) is 4.10. The molecule has 142 valence electrons. The van der Waals surface area contributed by atoms with Gasteiger partial charge in [-0.1, -0.05) is 36.0 Å². The van der Waals surface area contributed by atoms with E-state index >= 15 is 0 Å². The molecule has 0 bridgehead atoms. The summed E-state index contributed by atoms with van der Waals surface area (Å²) < 4.78 is 0. The maximum absolute atomic E-state index is 12.9. The topological polar surface area (TPSA) is 83.4 Å². The van der Waals surface area contributed by atoms with E-state index in [4.69, 9.17) is 0 Å². The molecule has 1 unspecified atom stereocenters. The summed E-state index contributed by atoms with van der Waals surface area (Å²) in [4.78, 5) is 35.1. The van der Waals surface area contributed by atoms with E-state index in [1.54, 1.807) is 6.07 Å². The highest BCUT2D eigenvalue weighted by Crippen LogP contribution is 2.30. The number of amides is 1. The predicted molar refractivity (Wildman–Crippen MR) is 104 cm³/mol. The molecular weight excluding hydrogens is 362 g/mol. The summed E-state index contributed by atoms with van der Waals surface area (Å²) in [5, 5.41) is 10.4. The largest absolute Gasteiger partial charge is 0.479 e. The molecule has 0 saturated carbocycles. The van der Waals surface area contributed by atoms with Gasteiger partial charge in [0, 0.05) is 24.4 Å². The number of hydrogen-bond acceptors (Lipinski definition) is 5. The number of benzene rings is 1. The highest BCUT2D eigenvalue weighted by Gasteiger charge is 2.35. The Balaban J connectivity index is 1.78. The summed E-state index contributed by atoms with van der Waals surface area (Å²) in [6, 6.07) is 6.54. The van der Waals surface area contributed by atoms with Crippen molar-refractivity contribution in [3.63, 3.8) is 0 Å². The van der Waals surface area contributed by atoms with Gasteiger partial charge in [-0.3, -0.25) is 4.79 Å². The van der Waals surface area contributed by atoms with Crippen molar-refractivity contribution < 1.29 is 14.7 Å². The maximum Gasteiger partial charge on any atom is 0.331 e. The first-order chi connectivity index (χ1) is 12.9. The zero-order chi connectivity index (χ0) is 19.6. The minimum absolute atomic E-state index is 0.148. The number of carboxylic acid groups (broad SMARTS) is 1. The number of rotatable bonds is 5. The first-order valence-electron chi connectivity index (χ1n) is 8.90. The number of thioether (sulfide) groups is 1. The van der Waals surface area contributed by atoms with Gasteiger partial charge in [0.15, 0.2) is 11.2 Å². The van der Waals surface area contributed by atoms with Crippen LogP contribution in [0.25, 0.3) is 0 Å². The molecule has 0 spiro atoms. The number of aromatic nitrogens is 2. The normalized spacial score (nSPS) is 16.1. The lowest BCUT2D eigenvalue weighted by Gasteiger charge is -2.35. The third-order valence-electron chi connectivity index (χ3n) is 5.01. The molecule has 0 radical (unpaired) electrons. The Morgan fingerprint density at radius 3 is 2.52 bits per heavy atom. The molecule has 1 aliphatic rings. The molecule has 1 N–H and O–H groups in total. The molecule has 1 aromatic carbocycles. The van der Waals surface area contributed by atoms with Gasteiger partial charge < -0.3 is 10.0 Å². The molecule has 1 aliphatic heterocycles. The summed E-state index contributed by atoms with van der Waals surface area (Å²) in [6.07, 6.45) is 3.36. The highest BCUT2D eigenvalue weighted by molar-refractivity contribution is 7.98. The molecule has 2 aromatic rings. The van der Waals surface area contributed by atoms with Gasteiger partial charge in [-0.15, -0.1) is 0 Å². The monoisotopic (exact) mass is 385 g/mol. The van der Waals surface area contributed by atoms with E-state index in [1.165, 1.54) is 16.7 Å². The van der Waals surface area contributed by atoms with Crippen molar-refractivity contribution in [3.05, 3.63) is 52.3 Å². The summed E-state index contributed by atoms with van der Waals surface area (Å²) in [5.74, 6) is -1.14. The molecule has 3 rings (SSSR count). The fraction of sp³-hybridized carbons (Fsp3) is 0.400. The average Bonchev–Trinajstić information content (AvgIpc) is 2.65. The molecule has 27 heavy (non-hydrogen) atoms. The van der Waals surface area contributed by atoms with E-state index in [9.17, 15) is 14.7 Å². The standard InChI is InChI=1S/C20H23N3O3S/c1-12-15(13(2)22-20(21-12)27-3)8-9-17(24)23-11-10-14-6-4-5-7-16(14)18(23)19(25)26/h4-7,18H,8-11H2,1-3H3,(H,25,26). The lowest BCUT2D eigenvalue weighted by Crippen LogP contribution is -2.43. The van der Waals surface area contributed by atoms with Crippen LogP contribution in [0.1, 0.15) is 40.5 Å². The zero-order valence-electron chi connectivity index (χ0n) is 15.7. The average molecular weight is 385 g/mol. The smallest absolute Gasteiger partial charge is 0.331 e. The highest BCUT2D eigenvalue weighted by atomic mass is 32.2. The second-order valence-electron chi connectivity index (χ2n) is 6.64. The van der Waals surface area contributed by atoms with Crippen molar-refractivity contribution in [1.29, 1.82) is 0 Å². The van der Waals surface area contributed by atoms with Crippen LogP contribution in [0.4, 0.5) is 0 Å². The number of hydrogen-bond donors (Lipinski definition) is 1. The van der Waals surface area contributed by atoms with Crippen molar-refractivity contribution in [1.82, 2.24) is 14.9 Å². The van der Waals surface area contributed by atoms with Crippen LogP contribution in [0.2, 0.25) is 0 Å². The Hall–Kier alpha value is -2.41. The van der Waals surface area contributed by atoms with Gasteiger partial charge in [0.1, 0.15) is 0 Å². The van der Waals surface area contributed by atoms with Gasteiger partial charge in [0.25, 0.3) is 0 Å². The van der Waals surface area contributed by atoms with Crippen LogP contribution in [0.3, 0.4) is 0 Å². The summed E-state index contributed by atoms with van der Waals surface area (Å²) >= 11 is 1.49. The fourth-order valence-electron chi connectivity index (χ4n) is 3.64. The van der Waals surface area contributed by atoms with E-state index in [0.29, 0.717) is 24.9 Å². The molecule has 0 aliphatic carbocycles. The quantitative estimate of drug-likeness (QED) is 0.629. The van der Waals surface area contributed by atoms with Crippen molar-refractivity contribution in [2.45, 2.75) is 44.3 Å². The minimum atomic E-state index is -0.990. The number of fused-ring (bicyclic) bond motifs is 1. The molecule has 2 heterocycles. The lowest BCUT2D eigenvalue weighted by atomic mass is 9.92. The lowest BCUT2D eigenvalue weighted by molar-refractivity contribution is -0.151. The van der Waals surface area contributed by atoms with Crippen molar-refractivity contribution in [2.24, 2.45) is 0 Å². The molecule has 1 aromatic heterocycles. The molecule has 7 heteroatoms.